The van der Waals surface area contributed by atoms with E-state index in [1.54, 1.807) is 6.20 Å². The summed E-state index contributed by atoms with van der Waals surface area (Å²) < 4.78 is 41.6. The number of urea groups is 1. The lowest BCUT2D eigenvalue weighted by atomic mass is 9.94. The van der Waals surface area contributed by atoms with Crippen molar-refractivity contribution in [2.45, 2.75) is 44.4 Å². The number of hydrogen-bond donors (Lipinski definition) is 4. The van der Waals surface area contributed by atoms with Gasteiger partial charge in [0.2, 0.25) is 5.95 Å². The smallest absolute Gasteiger partial charge is 0.404 e. The molecule has 1 aromatic heterocycles. The summed E-state index contributed by atoms with van der Waals surface area (Å²) in [5.41, 5.74) is 5.48. The van der Waals surface area contributed by atoms with Crippen LogP contribution in [0.2, 0.25) is 0 Å². The molecule has 2 heterocycles. The van der Waals surface area contributed by atoms with Crippen LogP contribution in [-0.4, -0.2) is 53.4 Å². The van der Waals surface area contributed by atoms with Crippen LogP contribution in [0.15, 0.2) is 35.3 Å². The largest absolute Gasteiger partial charge is 0.573 e. The van der Waals surface area contributed by atoms with Crippen molar-refractivity contribution in [2.24, 2.45) is 5.73 Å². The summed E-state index contributed by atoms with van der Waals surface area (Å²) in [5.74, 6) is -0.616. The number of para-hydroxylation sites is 2. The quantitative estimate of drug-likeness (QED) is 0.426. The third-order valence-corrected chi connectivity index (χ3v) is 5.61. The molecule has 186 valence electrons. The zero-order valence-electron chi connectivity index (χ0n) is 18.7. The van der Waals surface area contributed by atoms with E-state index in [-0.39, 0.29) is 17.6 Å². The van der Waals surface area contributed by atoms with Crippen LogP contribution < -0.4 is 26.7 Å². The van der Waals surface area contributed by atoms with Crippen molar-refractivity contribution in [3.63, 3.8) is 0 Å². The molecule has 1 aromatic carbocycles. The summed E-state index contributed by atoms with van der Waals surface area (Å²) in [7, 11) is 0. The molecular weight excluding hydrogens is 453 g/mol. The summed E-state index contributed by atoms with van der Waals surface area (Å²) in [6, 6.07) is 4.24. The van der Waals surface area contributed by atoms with Crippen molar-refractivity contribution >= 4 is 17.7 Å². The molecule has 1 aliphatic heterocycles. The van der Waals surface area contributed by atoms with Gasteiger partial charge in [0.25, 0.3) is 5.56 Å². The number of anilines is 2. The molecule has 0 saturated carbocycles. The van der Waals surface area contributed by atoms with Gasteiger partial charge in [-0.3, -0.25) is 10.1 Å². The highest BCUT2D eigenvalue weighted by Gasteiger charge is 2.32. The third kappa shape index (κ3) is 7.73. The van der Waals surface area contributed by atoms with E-state index in [4.69, 9.17) is 5.73 Å². The van der Waals surface area contributed by atoms with Crippen LogP contribution in [0.4, 0.5) is 29.6 Å². The number of carbonyl (C=O) groups excluding carboxylic acids is 1. The lowest BCUT2D eigenvalue weighted by molar-refractivity contribution is -0.274. The molecule has 0 radical (unpaired) electrons. The third-order valence-electron chi connectivity index (χ3n) is 5.61. The first kappa shape index (κ1) is 25.5. The number of rotatable bonds is 8. The van der Waals surface area contributed by atoms with Gasteiger partial charge >= 0.3 is 12.4 Å². The number of likely N-dealkylation sites (tertiary alicyclic amines) is 1. The first-order valence-corrected chi connectivity index (χ1v) is 11.2. The second kappa shape index (κ2) is 11.8. The second-order valence-electron chi connectivity index (χ2n) is 8.10. The molecule has 2 aromatic rings. The van der Waals surface area contributed by atoms with E-state index in [0.717, 1.165) is 57.8 Å². The summed E-state index contributed by atoms with van der Waals surface area (Å²) in [6.45, 7) is 3.54. The van der Waals surface area contributed by atoms with Crippen LogP contribution >= 0.6 is 0 Å². The second-order valence-corrected chi connectivity index (χ2v) is 8.10. The van der Waals surface area contributed by atoms with Crippen LogP contribution in [0.3, 0.4) is 0 Å². The molecule has 1 saturated heterocycles. The fourth-order valence-electron chi connectivity index (χ4n) is 3.98. The van der Waals surface area contributed by atoms with Crippen LogP contribution in [-0.2, 0) is 0 Å². The van der Waals surface area contributed by atoms with Gasteiger partial charge in [-0.1, -0.05) is 12.1 Å². The highest BCUT2D eigenvalue weighted by molar-refractivity contribution is 5.99. The number of ether oxygens (including phenoxy) is 1. The highest BCUT2D eigenvalue weighted by Crippen LogP contribution is 2.30. The fraction of sp³-hybridized carbons (Fsp3) is 0.500. The molecule has 9 nitrogen and oxygen atoms in total. The number of aromatic nitrogens is 2. The van der Waals surface area contributed by atoms with Crippen molar-refractivity contribution in [2.75, 3.05) is 36.8 Å². The Morgan fingerprint density at radius 1 is 1.21 bits per heavy atom. The van der Waals surface area contributed by atoms with Gasteiger partial charge in [-0.15, -0.1) is 13.2 Å². The molecule has 1 aliphatic rings. The van der Waals surface area contributed by atoms with Crippen molar-refractivity contribution in [1.29, 1.82) is 0 Å². The lowest BCUT2D eigenvalue weighted by Crippen LogP contribution is -2.27. The van der Waals surface area contributed by atoms with Gasteiger partial charge < -0.3 is 25.7 Å². The standard InChI is InChI=1S/C22H29F3N6O3/c23-22(24,25)34-18-8-2-1-7-17(18)28-21(33)30-20-27-14-16(19(32)29-20)15-6-5-12-31(13-9-15)11-4-3-10-26/h1-2,7-8,14-15H,3-6,9-13,26H2,(H3,27,28,29,30,32,33). The number of unbranched alkanes of at least 4 members (excludes halogenated alkanes) is 1. The predicted octanol–water partition coefficient (Wildman–Crippen LogP) is 3.62. The van der Waals surface area contributed by atoms with Crippen LogP contribution in [0.1, 0.15) is 43.6 Å². The van der Waals surface area contributed by atoms with Crippen LogP contribution in [0.5, 0.6) is 5.75 Å². The molecular formula is C22H29F3N6O3. The summed E-state index contributed by atoms with van der Waals surface area (Å²) >= 11 is 0. The van der Waals surface area contributed by atoms with E-state index in [0.29, 0.717) is 12.1 Å². The van der Waals surface area contributed by atoms with E-state index < -0.39 is 23.7 Å². The lowest BCUT2D eigenvalue weighted by Gasteiger charge is -2.19. The minimum atomic E-state index is -4.91. The number of benzene rings is 1. The molecule has 5 N–H and O–H groups in total. The van der Waals surface area contributed by atoms with E-state index in [9.17, 15) is 22.8 Å². The van der Waals surface area contributed by atoms with Gasteiger partial charge in [0.15, 0.2) is 5.75 Å². The first-order chi connectivity index (χ1) is 16.2. The maximum atomic E-state index is 12.6. The molecule has 2 amide bonds. The number of nitrogens with one attached hydrogen (secondary N) is 3. The molecule has 12 heteroatoms. The van der Waals surface area contributed by atoms with Crippen LogP contribution in [0, 0.1) is 0 Å². The molecule has 1 atom stereocenters. The molecule has 0 bridgehead atoms. The molecule has 34 heavy (non-hydrogen) atoms. The topological polar surface area (TPSA) is 125 Å². The number of alkyl halides is 3. The number of amides is 2. The van der Waals surface area contributed by atoms with Gasteiger partial charge in [-0.05, 0) is 76.3 Å². The number of nitrogens with two attached hydrogens (primary N) is 1. The van der Waals surface area contributed by atoms with E-state index >= 15 is 0 Å². The first-order valence-electron chi connectivity index (χ1n) is 11.2. The Hall–Kier alpha value is -3.12. The molecule has 0 spiro atoms. The van der Waals surface area contributed by atoms with Crippen molar-refractivity contribution in [1.82, 2.24) is 14.9 Å². The van der Waals surface area contributed by atoms with Crippen molar-refractivity contribution < 1.29 is 22.7 Å². The predicted molar refractivity (Wildman–Crippen MR) is 122 cm³/mol. The van der Waals surface area contributed by atoms with Gasteiger partial charge in [0.1, 0.15) is 0 Å². The molecule has 1 unspecified atom stereocenters. The molecule has 1 fully saturated rings. The maximum Gasteiger partial charge on any atom is 0.573 e. The van der Waals surface area contributed by atoms with Gasteiger partial charge in [0.05, 0.1) is 5.69 Å². The van der Waals surface area contributed by atoms with Gasteiger partial charge in [-0.25, -0.2) is 4.79 Å². The number of aromatic amines is 1. The number of halogens is 3. The van der Waals surface area contributed by atoms with Gasteiger partial charge in [-0.2, -0.15) is 4.98 Å². The number of H-pyrrole nitrogens is 1. The Bertz CT molecular complexity index is 1010. The Kier molecular flexibility index (Phi) is 8.88. The minimum Gasteiger partial charge on any atom is -0.404 e. The van der Waals surface area contributed by atoms with E-state index in [2.05, 4.69) is 30.2 Å². The molecule has 0 aliphatic carbocycles. The molecule has 3 rings (SSSR count). The minimum absolute atomic E-state index is 0.0602. The fourth-order valence-corrected chi connectivity index (χ4v) is 3.98. The zero-order valence-corrected chi connectivity index (χ0v) is 18.7. The monoisotopic (exact) mass is 482 g/mol. The summed E-state index contributed by atoms with van der Waals surface area (Å²) in [6.07, 6.45) is 1.34. The summed E-state index contributed by atoms with van der Waals surface area (Å²) in [4.78, 5) is 34.0. The van der Waals surface area contributed by atoms with Crippen molar-refractivity contribution in [3.8, 4) is 5.75 Å². The average molecular weight is 483 g/mol. The Morgan fingerprint density at radius 3 is 2.74 bits per heavy atom. The SMILES string of the molecule is NCCCCN1CCCC(c2c[nH]c(NC(=O)Nc3ccccc3OC(F)(F)F)nc2=O)CC1. The Balaban J connectivity index is 1.59. The average Bonchev–Trinajstić information content (AvgIpc) is 3.00. The Labute approximate surface area is 194 Å². The maximum absolute atomic E-state index is 12.6. The normalized spacial score (nSPS) is 17.1. The zero-order chi connectivity index (χ0) is 24.6. The van der Waals surface area contributed by atoms with Crippen molar-refractivity contribution in [3.05, 3.63) is 46.4 Å². The highest BCUT2D eigenvalue weighted by atomic mass is 19.4. The number of nitrogens with zero attached hydrogens (tertiary/aromatic N) is 2. The van der Waals surface area contributed by atoms with Crippen LogP contribution in [0.25, 0.3) is 0 Å². The van der Waals surface area contributed by atoms with E-state index in [1.165, 1.54) is 18.2 Å². The van der Waals surface area contributed by atoms with Gasteiger partial charge in [0, 0.05) is 11.8 Å². The van der Waals surface area contributed by atoms with E-state index in [1.807, 2.05) is 0 Å². The number of carbonyl (C=O) groups is 1. The Morgan fingerprint density at radius 2 is 2.00 bits per heavy atom. The number of hydrogen-bond acceptors (Lipinski definition) is 6. The summed E-state index contributed by atoms with van der Waals surface area (Å²) in [5, 5.41) is 4.59.